The standard InChI is InChI=1S/C23H19ClF3NO3.C10H9ClN4S/c1-22(2)17(12-19(24)23(25,26)27)20(22)21(29)31-18(13-28)14-7-6-10-16(11-14)30-15-8-4-3-5-9-15;11-9-2-1-8(5-13-9)6-15-3-4-16-10(15)14-7-12/h3-12,17-18,20H,1-2H3;1-2,5H,3-4,6H2/b19-12-;14-10-/t17-,18?,20-;/m0./s1. The van der Waals surface area contributed by atoms with Crippen molar-refractivity contribution in [2.24, 2.45) is 22.2 Å². The SMILES string of the molecule is CC1(C)[C@H](C(=O)OC(C#N)c2cccc(Oc3ccccc3)c2)[C@@H]1/C=C(\Cl)C(F)(F)F.N#C/N=C1\SCCN1Cc1ccc(Cl)nc1. The molecular formula is C33H28Cl2F3N5O3S. The Hall–Kier alpha value is -4.23. The van der Waals surface area contributed by atoms with E-state index >= 15 is 0 Å². The largest absolute Gasteiger partial charge is 0.457 e. The number of thioether (sulfide) groups is 1. The zero-order valence-electron chi connectivity index (χ0n) is 25.1. The monoisotopic (exact) mass is 701 g/mol. The van der Waals surface area contributed by atoms with Crippen LogP contribution >= 0.6 is 35.0 Å². The fourth-order valence-corrected chi connectivity index (χ4v) is 6.05. The van der Waals surface area contributed by atoms with Crippen LogP contribution in [0.5, 0.6) is 11.5 Å². The molecule has 1 aromatic heterocycles. The molecule has 1 saturated carbocycles. The topological polar surface area (TPSA) is 112 Å². The second-order valence-electron chi connectivity index (χ2n) is 11.0. The number of allylic oxidation sites excluding steroid dienone is 2. The maximum Gasteiger partial charge on any atom is 0.426 e. The zero-order valence-corrected chi connectivity index (χ0v) is 27.4. The molecule has 244 valence electrons. The summed E-state index contributed by atoms with van der Waals surface area (Å²) in [6, 6.07) is 21.1. The molecule has 1 aliphatic carbocycles. The van der Waals surface area contributed by atoms with Gasteiger partial charge in [-0.2, -0.15) is 23.7 Å². The third-order valence-electron chi connectivity index (χ3n) is 7.42. The molecule has 0 amide bonds. The number of pyridine rings is 1. The van der Waals surface area contributed by atoms with E-state index in [0.29, 0.717) is 22.2 Å². The van der Waals surface area contributed by atoms with Crippen LogP contribution in [0.1, 0.15) is 31.1 Å². The second-order valence-corrected chi connectivity index (χ2v) is 12.9. The zero-order chi connectivity index (χ0) is 34.2. The number of carbonyl (C=O) groups is 1. The summed E-state index contributed by atoms with van der Waals surface area (Å²) in [5.41, 5.74) is 0.696. The lowest BCUT2D eigenvalue weighted by atomic mass is 10.1. The molecule has 2 fully saturated rings. The predicted octanol–water partition coefficient (Wildman–Crippen LogP) is 8.66. The summed E-state index contributed by atoms with van der Waals surface area (Å²) in [7, 11) is 0. The average molecular weight is 703 g/mol. The fourth-order valence-electron chi connectivity index (χ4n) is 4.86. The van der Waals surface area contributed by atoms with Crippen molar-refractivity contribution in [3.63, 3.8) is 0 Å². The number of aromatic nitrogens is 1. The van der Waals surface area contributed by atoms with Gasteiger partial charge in [0, 0.05) is 30.6 Å². The van der Waals surface area contributed by atoms with Crippen LogP contribution in [0.3, 0.4) is 0 Å². The third kappa shape index (κ3) is 9.64. The quantitative estimate of drug-likeness (QED) is 0.130. The van der Waals surface area contributed by atoms with Crippen LogP contribution in [-0.2, 0) is 16.1 Å². The Kier molecular flexibility index (Phi) is 11.8. The maximum atomic E-state index is 12.7. The van der Waals surface area contributed by atoms with Crippen LogP contribution in [0.4, 0.5) is 13.2 Å². The Balaban J connectivity index is 0.000000261. The molecule has 3 atom stereocenters. The highest BCUT2D eigenvalue weighted by atomic mass is 35.5. The number of nitrogens with zero attached hydrogens (tertiary/aromatic N) is 5. The lowest BCUT2D eigenvalue weighted by Crippen LogP contribution is -2.23. The van der Waals surface area contributed by atoms with Crippen molar-refractivity contribution in [2.75, 3.05) is 12.3 Å². The smallest absolute Gasteiger partial charge is 0.426 e. The molecule has 5 rings (SSSR count). The predicted molar refractivity (Wildman–Crippen MR) is 173 cm³/mol. The number of hydrogen-bond acceptors (Lipinski definition) is 8. The lowest BCUT2D eigenvalue weighted by molar-refractivity contribution is -0.149. The minimum atomic E-state index is -4.68. The summed E-state index contributed by atoms with van der Waals surface area (Å²) in [5.74, 6) is -0.296. The van der Waals surface area contributed by atoms with Crippen LogP contribution < -0.4 is 4.74 Å². The van der Waals surface area contributed by atoms with Crippen LogP contribution in [0, 0.1) is 40.0 Å². The Morgan fingerprint density at radius 3 is 2.53 bits per heavy atom. The fraction of sp³-hybridized carbons (Fsp3) is 0.303. The summed E-state index contributed by atoms with van der Waals surface area (Å²) >= 11 is 12.6. The number of benzene rings is 2. The first-order valence-corrected chi connectivity index (χ1v) is 15.9. The summed E-state index contributed by atoms with van der Waals surface area (Å²) in [4.78, 5) is 22.5. The first kappa shape index (κ1) is 35.6. The van der Waals surface area contributed by atoms with Crippen molar-refractivity contribution >= 4 is 46.1 Å². The van der Waals surface area contributed by atoms with E-state index in [2.05, 4.69) is 14.9 Å². The molecule has 0 radical (unpaired) electrons. The molecule has 1 unspecified atom stereocenters. The molecule has 8 nitrogen and oxygen atoms in total. The molecule has 2 heterocycles. The Morgan fingerprint density at radius 1 is 1.17 bits per heavy atom. The molecule has 1 saturated heterocycles. The van der Waals surface area contributed by atoms with E-state index < -0.39 is 40.5 Å². The summed E-state index contributed by atoms with van der Waals surface area (Å²) in [6.45, 7) is 4.93. The van der Waals surface area contributed by atoms with E-state index in [1.54, 1.807) is 74.3 Å². The van der Waals surface area contributed by atoms with Gasteiger partial charge in [-0.15, -0.1) is 4.99 Å². The highest BCUT2D eigenvalue weighted by molar-refractivity contribution is 8.14. The highest BCUT2D eigenvalue weighted by Gasteiger charge is 2.62. The second kappa shape index (κ2) is 15.6. The van der Waals surface area contributed by atoms with Gasteiger partial charge in [-0.05, 0) is 47.2 Å². The maximum absolute atomic E-state index is 12.7. The van der Waals surface area contributed by atoms with Crippen molar-refractivity contribution in [3.05, 3.63) is 100 Å². The number of carbonyl (C=O) groups excluding carboxylic acids is 1. The molecule has 0 N–H and O–H groups in total. The summed E-state index contributed by atoms with van der Waals surface area (Å²) in [5, 5.41) is 18.1. The Bertz CT molecular complexity index is 1710. The van der Waals surface area contributed by atoms with E-state index in [4.69, 9.17) is 37.9 Å². The van der Waals surface area contributed by atoms with Gasteiger partial charge in [0.2, 0.25) is 12.3 Å². The lowest BCUT2D eigenvalue weighted by Gasteiger charge is -2.16. The van der Waals surface area contributed by atoms with E-state index in [1.807, 2.05) is 36.5 Å². The molecule has 3 aromatic rings. The van der Waals surface area contributed by atoms with Crippen molar-refractivity contribution < 1.29 is 27.4 Å². The Labute approximate surface area is 284 Å². The normalized spacial score (nSPS) is 19.9. The van der Waals surface area contributed by atoms with Gasteiger partial charge < -0.3 is 14.4 Å². The molecular weight excluding hydrogens is 674 g/mol. The molecule has 2 aliphatic rings. The van der Waals surface area contributed by atoms with Crippen LogP contribution in [0.15, 0.2) is 89.0 Å². The summed E-state index contributed by atoms with van der Waals surface area (Å²) < 4.78 is 49.2. The minimum absolute atomic E-state index is 0.392. The van der Waals surface area contributed by atoms with Gasteiger partial charge in [-0.1, -0.05) is 91.3 Å². The number of hydrogen-bond donors (Lipinski definition) is 0. The molecule has 0 bridgehead atoms. The van der Waals surface area contributed by atoms with Gasteiger partial charge in [-0.3, -0.25) is 4.79 Å². The number of nitriles is 2. The first-order valence-electron chi connectivity index (χ1n) is 14.2. The number of rotatable bonds is 8. The highest BCUT2D eigenvalue weighted by Crippen LogP contribution is 2.60. The van der Waals surface area contributed by atoms with Crippen LogP contribution in [0.25, 0.3) is 0 Å². The van der Waals surface area contributed by atoms with Crippen molar-refractivity contribution in [2.45, 2.75) is 32.7 Å². The van der Waals surface area contributed by atoms with E-state index in [1.165, 1.54) is 0 Å². The van der Waals surface area contributed by atoms with Gasteiger partial charge in [0.15, 0.2) is 5.17 Å². The number of esters is 1. The number of aliphatic imine (C=N–C) groups is 1. The van der Waals surface area contributed by atoms with Gasteiger partial charge >= 0.3 is 12.1 Å². The van der Waals surface area contributed by atoms with Gasteiger partial charge in [0.25, 0.3) is 0 Å². The number of amidine groups is 1. The Morgan fingerprint density at radius 2 is 1.89 bits per heavy atom. The number of halogens is 5. The van der Waals surface area contributed by atoms with Gasteiger partial charge in [0.05, 0.1) is 5.92 Å². The minimum Gasteiger partial charge on any atom is -0.457 e. The van der Waals surface area contributed by atoms with Crippen molar-refractivity contribution in [3.8, 4) is 23.8 Å². The molecule has 14 heteroatoms. The number of para-hydroxylation sites is 1. The van der Waals surface area contributed by atoms with E-state index in [-0.39, 0.29) is 0 Å². The van der Waals surface area contributed by atoms with Crippen LogP contribution in [-0.4, -0.2) is 39.5 Å². The van der Waals surface area contributed by atoms with Crippen molar-refractivity contribution in [1.29, 1.82) is 10.5 Å². The number of alkyl halides is 3. The van der Waals surface area contributed by atoms with Crippen LogP contribution in [0.2, 0.25) is 5.15 Å². The molecule has 1 aliphatic heterocycles. The average Bonchev–Trinajstić information content (AvgIpc) is 3.32. The van der Waals surface area contributed by atoms with Gasteiger partial charge in [-0.25, -0.2) is 4.98 Å². The number of ether oxygens (including phenoxy) is 2. The van der Waals surface area contributed by atoms with E-state index in [0.717, 1.165) is 35.6 Å². The third-order valence-corrected chi connectivity index (χ3v) is 8.98. The molecule has 47 heavy (non-hydrogen) atoms. The van der Waals surface area contributed by atoms with Gasteiger partial charge in [0.1, 0.15) is 27.8 Å². The summed E-state index contributed by atoms with van der Waals surface area (Å²) in [6.07, 6.45) is -1.50. The first-order chi connectivity index (χ1) is 22.3. The molecule has 0 spiro atoms. The van der Waals surface area contributed by atoms with E-state index in [9.17, 15) is 23.2 Å². The molecule has 2 aromatic carbocycles. The van der Waals surface area contributed by atoms with Crippen molar-refractivity contribution in [1.82, 2.24) is 9.88 Å².